The third-order valence-electron chi connectivity index (χ3n) is 5.09. The van der Waals surface area contributed by atoms with Gasteiger partial charge in [-0.15, -0.1) is 0 Å². The number of fused-ring (bicyclic) bond motifs is 3. The first-order valence-corrected chi connectivity index (χ1v) is 8.60. The molecule has 2 aromatic carbocycles. The molecule has 1 heterocycles. The number of hydrogen-bond donors (Lipinski definition) is 1. The van der Waals surface area contributed by atoms with Gasteiger partial charge in [0.1, 0.15) is 0 Å². The van der Waals surface area contributed by atoms with Crippen molar-refractivity contribution < 1.29 is 9.90 Å². The SMILES string of the molecule is O=C(O)C[C@H]1CCCc2c1n(Cc1ccccc1)c1ccccc21. The van der Waals surface area contributed by atoms with Gasteiger partial charge in [-0.2, -0.15) is 0 Å². The summed E-state index contributed by atoms with van der Waals surface area (Å²) in [5, 5.41) is 10.6. The molecule has 0 bridgehead atoms. The molecule has 3 aromatic rings. The third-order valence-corrected chi connectivity index (χ3v) is 5.09. The molecular formula is C21H21NO2. The molecule has 1 N–H and O–H groups in total. The quantitative estimate of drug-likeness (QED) is 0.764. The second-order valence-corrected chi connectivity index (χ2v) is 6.64. The van der Waals surface area contributed by atoms with Crippen LogP contribution in [0.4, 0.5) is 0 Å². The number of para-hydroxylation sites is 1. The van der Waals surface area contributed by atoms with E-state index in [9.17, 15) is 9.90 Å². The van der Waals surface area contributed by atoms with Crippen LogP contribution < -0.4 is 0 Å². The van der Waals surface area contributed by atoms with Gasteiger partial charge < -0.3 is 9.67 Å². The lowest BCUT2D eigenvalue weighted by Gasteiger charge is -2.24. The highest BCUT2D eigenvalue weighted by Crippen LogP contribution is 2.40. The Hall–Kier alpha value is -2.55. The first-order chi connectivity index (χ1) is 11.7. The molecule has 1 aromatic heterocycles. The van der Waals surface area contributed by atoms with E-state index in [-0.39, 0.29) is 12.3 Å². The van der Waals surface area contributed by atoms with Crippen LogP contribution in [0, 0.1) is 0 Å². The second kappa shape index (κ2) is 6.16. The number of carboxylic acid groups (broad SMARTS) is 1. The first kappa shape index (κ1) is 15.0. The zero-order valence-electron chi connectivity index (χ0n) is 13.6. The fraction of sp³-hybridized carbons (Fsp3) is 0.286. The van der Waals surface area contributed by atoms with Gasteiger partial charge in [-0.1, -0.05) is 48.5 Å². The predicted octanol–water partition coefficient (Wildman–Crippen LogP) is 4.58. The average Bonchev–Trinajstić information content (AvgIpc) is 2.91. The normalized spacial score (nSPS) is 16.9. The number of hydrogen-bond acceptors (Lipinski definition) is 1. The van der Waals surface area contributed by atoms with Crippen LogP contribution >= 0.6 is 0 Å². The van der Waals surface area contributed by atoms with E-state index in [2.05, 4.69) is 53.1 Å². The molecule has 0 fully saturated rings. The summed E-state index contributed by atoms with van der Waals surface area (Å²) in [5.41, 5.74) is 5.08. The summed E-state index contributed by atoms with van der Waals surface area (Å²) in [6.07, 6.45) is 3.31. The van der Waals surface area contributed by atoms with Gasteiger partial charge in [0.15, 0.2) is 0 Å². The third kappa shape index (κ3) is 2.60. The Morgan fingerprint density at radius 1 is 1.08 bits per heavy atom. The molecule has 0 aliphatic heterocycles. The van der Waals surface area contributed by atoms with Gasteiger partial charge in [0, 0.05) is 29.1 Å². The lowest BCUT2D eigenvalue weighted by atomic mass is 9.84. The molecular weight excluding hydrogens is 298 g/mol. The van der Waals surface area contributed by atoms with Crippen molar-refractivity contribution in [3.05, 3.63) is 71.4 Å². The fourth-order valence-electron chi connectivity index (χ4n) is 4.13. The zero-order valence-corrected chi connectivity index (χ0v) is 13.6. The molecule has 0 spiro atoms. The molecule has 1 aliphatic carbocycles. The summed E-state index contributed by atoms with van der Waals surface area (Å²) in [7, 11) is 0. The van der Waals surface area contributed by atoms with Crippen LogP contribution in [-0.4, -0.2) is 15.6 Å². The molecule has 3 nitrogen and oxygen atoms in total. The first-order valence-electron chi connectivity index (χ1n) is 8.60. The standard InChI is InChI=1S/C21H21NO2/c23-20(24)13-16-9-6-11-18-17-10-4-5-12-19(17)22(21(16)18)14-15-7-2-1-3-8-15/h1-5,7-8,10,12,16H,6,9,11,13-14H2,(H,23,24)/t16-/m1/s1. The Bertz CT molecular complexity index is 879. The van der Waals surface area contributed by atoms with Crippen molar-refractivity contribution in [2.45, 2.75) is 38.1 Å². The Balaban J connectivity index is 1.89. The highest BCUT2D eigenvalue weighted by atomic mass is 16.4. The molecule has 0 unspecified atom stereocenters. The van der Waals surface area contributed by atoms with Crippen molar-refractivity contribution in [1.82, 2.24) is 4.57 Å². The smallest absolute Gasteiger partial charge is 0.304 e. The van der Waals surface area contributed by atoms with Crippen molar-refractivity contribution in [2.24, 2.45) is 0 Å². The minimum atomic E-state index is -0.704. The Kier molecular flexibility index (Phi) is 3.85. The van der Waals surface area contributed by atoms with E-state index in [1.807, 2.05) is 6.07 Å². The molecule has 0 saturated heterocycles. The van der Waals surface area contributed by atoms with E-state index in [1.165, 1.54) is 27.7 Å². The van der Waals surface area contributed by atoms with Crippen LogP contribution in [0.3, 0.4) is 0 Å². The van der Waals surface area contributed by atoms with Gasteiger partial charge in [0.05, 0.1) is 6.42 Å². The number of benzene rings is 2. The van der Waals surface area contributed by atoms with E-state index in [0.717, 1.165) is 25.8 Å². The van der Waals surface area contributed by atoms with Crippen molar-refractivity contribution in [3.8, 4) is 0 Å². The van der Waals surface area contributed by atoms with Crippen LogP contribution in [0.15, 0.2) is 54.6 Å². The van der Waals surface area contributed by atoms with Gasteiger partial charge >= 0.3 is 5.97 Å². The number of rotatable bonds is 4. The molecule has 4 rings (SSSR count). The molecule has 1 aliphatic rings. The molecule has 0 radical (unpaired) electrons. The average molecular weight is 319 g/mol. The van der Waals surface area contributed by atoms with Crippen LogP contribution in [0.2, 0.25) is 0 Å². The van der Waals surface area contributed by atoms with Crippen LogP contribution in [0.25, 0.3) is 10.9 Å². The Morgan fingerprint density at radius 3 is 2.62 bits per heavy atom. The van der Waals surface area contributed by atoms with Crippen molar-refractivity contribution >= 4 is 16.9 Å². The molecule has 3 heteroatoms. The lowest BCUT2D eigenvalue weighted by Crippen LogP contribution is -2.17. The summed E-state index contributed by atoms with van der Waals surface area (Å²) in [4.78, 5) is 11.4. The molecule has 122 valence electrons. The highest BCUT2D eigenvalue weighted by Gasteiger charge is 2.28. The summed E-state index contributed by atoms with van der Waals surface area (Å²) < 4.78 is 2.35. The minimum absolute atomic E-state index is 0.113. The number of aliphatic carboxylic acids is 1. The highest BCUT2D eigenvalue weighted by molar-refractivity contribution is 5.86. The molecule has 0 amide bonds. The van der Waals surface area contributed by atoms with E-state index in [0.29, 0.717) is 0 Å². The number of nitrogens with zero attached hydrogens (tertiary/aromatic N) is 1. The van der Waals surface area contributed by atoms with Crippen molar-refractivity contribution in [3.63, 3.8) is 0 Å². The summed E-state index contributed by atoms with van der Waals surface area (Å²) in [6.45, 7) is 0.798. The Labute approximate surface area is 141 Å². The maximum absolute atomic E-state index is 11.4. The zero-order chi connectivity index (χ0) is 16.5. The summed E-state index contributed by atoms with van der Waals surface area (Å²) >= 11 is 0. The Morgan fingerprint density at radius 2 is 1.83 bits per heavy atom. The largest absolute Gasteiger partial charge is 0.481 e. The van der Waals surface area contributed by atoms with Crippen LogP contribution in [0.1, 0.15) is 42.0 Å². The summed E-state index contributed by atoms with van der Waals surface area (Å²) in [6, 6.07) is 18.9. The maximum atomic E-state index is 11.4. The van der Waals surface area contributed by atoms with Gasteiger partial charge in [-0.3, -0.25) is 4.79 Å². The van der Waals surface area contributed by atoms with E-state index in [4.69, 9.17) is 0 Å². The van der Waals surface area contributed by atoms with Gasteiger partial charge in [0.2, 0.25) is 0 Å². The molecule has 24 heavy (non-hydrogen) atoms. The van der Waals surface area contributed by atoms with Gasteiger partial charge in [0.25, 0.3) is 0 Å². The van der Waals surface area contributed by atoms with E-state index >= 15 is 0 Å². The van der Waals surface area contributed by atoms with Gasteiger partial charge in [-0.05, 0) is 36.5 Å². The number of aryl methyl sites for hydroxylation is 1. The van der Waals surface area contributed by atoms with Crippen LogP contribution in [-0.2, 0) is 17.8 Å². The number of carboxylic acids is 1. The van der Waals surface area contributed by atoms with E-state index in [1.54, 1.807) is 0 Å². The molecule has 0 saturated carbocycles. The minimum Gasteiger partial charge on any atom is -0.481 e. The maximum Gasteiger partial charge on any atom is 0.304 e. The number of carbonyl (C=O) groups is 1. The second-order valence-electron chi connectivity index (χ2n) is 6.64. The summed E-state index contributed by atoms with van der Waals surface area (Å²) in [5.74, 6) is -0.591. The predicted molar refractivity (Wildman–Crippen MR) is 95.4 cm³/mol. The van der Waals surface area contributed by atoms with Crippen molar-refractivity contribution in [2.75, 3.05) is 0 Å². The monoisotopic (exact) mass is 319 g/mol. The van der Waals surface area contributed by atoms with Crippen molar-refractivity contribution in [1.29, 1.82) is 0 Å². The number of aromatic nitrogens is 1. The van der Waals surface area contributed by atoms with E-state index < -0.39 is 5.97 Å². The fourth-order valence-corrected chi connectivity index (χ4v) is 4.13. The molecule has 1 atom stereocenters. The lowest BCUT2D eigenvalue weighted by molar-refractivity contribution is -0.137. The van der Waals surface area contributed by atoms with Gasteiger partial charge in [-0.25, -0.2) is 0 Å². The topological polar surface area (TPSA) is 42.2 Å². The van der Waals surface area contributed by atoms with Crippen LogP contribution in [0.5, 0.6) is 0 Å².